The summed E-state index contributed by atoms with van der Waals surface area (Å²) in [5.41, 5.74) is 1.51. The molecule has 0 unspecified atom stereocenters. The van der Waals surface area contributed by atoms with E-state index in [4.69, 9.17) is 0 Å². The molecule has 0 atom stereocenters. The molecule has 0 bridgehead atoms. The molecule has 1 aromatic carbocycles. The van der Waals surface area contributed by atoms with E-state index in [9.17, 15) is 4.79 Å². The molecule has 0 saturated heterocycles. The fourth-order valence-electron chi connectivity index (χ4n) is 1.67. The van der Waals surface area contributed by atoms with Gasteiger partial charge in [0, 0.05) is 18.9 Å². The molecular weight excluding hydrogens is 244 g/mol. The highest BCUT2D eigenvalue weighted by molar-refractivity contribution is 7.98. The highest BCUT2D eigenvalue weighted by Crippen LogP contribution is 2.21. The number of benzene rings is 1. The molecule has 4 heteroatoms. The van der Waals surface area contributed by atoms with E-state index in [1.54, 1.807) is 30.3 Å². The molecule has 2 aromatic rings. The number of nitrogens with zero attached hydrogens (tertiary/aromatic N) is 2. The second kappa shape index (κ2) is 5.69. The molecule has 0 spiro atoms. The van der Waals surface area contributed by atoms with Crippen molar-refractivity contribution in [1.29, 1.82) is 0 Å². The Morgan fingerprint density at radius 2 is 1.89 bits per heavy atom. The van der Waals surface area contributed by atoms with Crippen LogP contribution >= 0.6 is 11.8 Å². The number of hydrogen-bond acceptors (Lipinski definition) is 3. The van der Waals surface area contributed by atoms with Gasteiger partial charge in [-0.2, -0.15) is 0 Å². The Kier molecular flexibility index (Phi) is 3.99. The Morgan fingerprint density at radius 3 is 2.56 bits per heavy atom. The predicted octanol–water partition coefficient (Wildman–Crippen LogP) is 3.08. The second-order valence-corrected chi connectivity index (χ2v) is 4.55. The number of thioether (sulfide) groups is 1. The Balaban J connectivity index is 2.32. The SMILES string of the molecule is CSc1ncccc1C(=O)N(C)c1ccccc1. The molecule has 0 aliphatic rings. The first-order valence-electron chi connectivity index (χ1n) is 5.56. The lowest BCUT2D eigenvalue weighted by atomic mass is 10.2. The molecule has 92 valence electrons. The standard InChI is InChI=1S/C14H14N2OS/c1-16(11-7-4-3-5-8-11)14(17)12-9-6-10-15-13(12)18-2/h3-10H,1-2H3. The molecule has 1 aromatic heterocycles. The maximum absolute atomic E-state index is 12.4. The number of hydrogen-bond donors (Lipinski definition) is 0. The first-order valence-corrected chi connectivity index (χ1v) is 6.78. The molecule has 0 N–H and O–H groups in total. The van der Waals surface area contributed by atoms with Crippen LogP contribution in [-0.2, 0) is 0 Å². The number of amides is 1. The van der Waals surface area contributed by atoms with Gasteiger partial charge in [0.2, 0.25) is 0 Å². The van der Waals surface area contributed by atoms with Gasteiger partial charge in [-0.25, -0.2) is 4.98 Å². The van der Waals surface area contributed by atoms with Gasteiger partial charge in [-0.1, -0.05) is 18.2 Å². The lowest BCUT2D eigenvalue weighted by Crippen LogP contribution is -2.26. The maximum Gasteiger partial charge on any atom is 0.260 e. The average molecular weight is 258 g/mol. The minimum atomic E-state index is -0.0429. The van der Waals surface area contributed by atoms with Crippen molar-refractivity contribution in [1.82, 2.24) is 4.98 Å². The number of anilines is 1. The highest BCUT2D eigenvalue weighted by atomic mass is 32.2. The quantitative estimate of drug-likeness (QED) is 0.793. The van der Waals surface area contributed by atoms with Crippen molar-refractivity contribution >= 4 is 23.4 Å². The summed E-state index contributed by atoms with van der Waals surface area (Å²) in [5, 5.41) is 0.755. The zero-order valence-electron chi connectivity index (χ0n) is 10.3. The number of aromatic nitrogens is 1. The second-order valence-electron chi connectivity index (χ2n) is 3.76. The smallest absolute Gasteiger partial charge is 0.260 e. The van der Waals surface area contributed by atoms with E-state index in [-0.39, 0.29) is 5.91 Å². The Labute approximate surface area is 111 Å². The first-order chi connectivity index (χ1) is 8.74. The van der Waals surface area contributed by atoms with Crippen molar-refractivity contribution in [3.8, 4) is 0 Å². The summed E-state index contributed by atoms with van der Waals surface area (Å²) in [5.74, 6) is -0.0429. The van der Waals surface area contributed by atoms with Crippen LogP contribution in [0.1, 0.15) is 10.4 Å². The number of para-hydroxylation sites is 1. The van der Waals surface area contributed by atoms with Crippen molar-refractivity contribution in [2.24, 2.45) is 0 Å². The fraction of sp³-hybridized carbons (Fsp3) is 0.143. The lowest BCUT2D eigenvalue weighted by Gasteiger charge is -2.18. The van der Waals surface area contributed by atoms with Crippen LogP contribution in [0.15, 0.2) is 53.7 Å². The van der Waals surface area contributed by atoms with Gasteiger partial charge in [-0.05, 0) is 30.5 Å². The third-order valence-electron chi connectivity index (χ3n) is 2.64. The minimum absolute atomic E-state index is 0.0429. The van der Waals surface area contributed by atoms with Crippen LogP contribution < -0.4 is 4.90 Å². The predicted molar refractivity (Wildman–Crippen MR) is 75.2 cm³/mol. The number of carbonyl (C=O) groups excluding carboxylic acids is 1. The van der Waals surface area contributed by atoms with Gasteiger partial charge < -0.3 is 4.90 Å². The van der Waals surface area contributed by atoms with Crippen molar-refractivity contribution in [2.45, 2.75) is 5.03 Å². The van der Waals surface area contributed by atoms with Crippen LogP contribution in [0.5, 0.6) is 0 Å². The first kappa shape index (κ1) is 12.6. The zero-order chi connectivity index (χ0) is 13.0. The third kappa shape index (κ3) is 2.54. The van der Waals surface area contributed by atoms with Crippen LogP contribution in [0.4, 0.5) is 5.69 Å². The maximum atomic E-state index is 12.4. The van der Waals surface area contributed by atoms with Gasteiger partial charge in [-0.15, -0.1) is 11.8 Å². The summed E-state index contributed by atoms with van der Waals surface area (Å²) in [4.78, 5) is 18.2. The van der Waals surface area contributed by atoms with Gasteiger partial charge >= 0.3 is 0 Å². The number of pyridine rings is 1. The molecule has 2 rings (SSSR count). The summed E-state index contributed by atoms with van der Waals surface area (Å²) in [6.07, 6.45) is 3.62. The summed E-state index contributed by atoms with van der Waals surface area (Å²) in [6, 6.07) is 13.2. The van der Waals surface area contributed by atoms with Crippen LogP contribution in [0, 0.1) is 0 Å². The van der Waals surface area contributed by atoms with Crippen molar-refractivity contribution in [2.75, 3.05) is 18.2 Å². The van der Waals surface area contributed by atoms with Gasteiger partial charge in [-0.3, -0.25) is 4.79 Å². The molecule has 3 nitrogen and oxygen atoms in total. The molecule has 18 heavy (non-hydrogen) atoms. The fourth-order valence-corrected chi connectivity index (χ4v) is 2.21. The normalized spacial score (nSPS) is 10.1. The molecule has 0 radical (unpaired) electrons. The highest BCUT2D eigenvalue weighted by Gasteiger charge is 2.16. The number of rotatable bonds is 3. The Hall–Kier alpha value is -1.81. The Bertz CT molecular complexity index is 543. The molecule has 1 amide bonds. The molecular formula is C14H14N2OS. The van der Waals surface area contributed by atoms with E-state index in [1.165, 1.54) is 11.8 Å². The van der Waals surface area contributed by atoms with E-state index >= 15 is 0 Å². The van der Waals surface area contributed by atoms with E-state index < -0.39 is 0 Å². The van der Waals surface area contributed by atoms with Gasteiger partial charge in [0.1, 0.15) is 5.03 Å². The van der Waals surface area contributed by atoms with Crippen LogP contribution in [0.25, 0.3) is 0 Å². The van der Waals surface area contributed by atoms with E-state index in [2.05, 4.69) is 4.98 Å². The van der Waals surface area contributed by atoms with Crippen molar-refractivity contribution < 1.29 is 4.79 Å². The van der Waals surface area contributed by atoms with Crippen molar-refractivity contribution in [3.05, 3.63) is 54.2 Å². The monoisotopic (exact) mass is 258 g/mol. The summed E-state index contributed by atoms with van der Waals surface area (Å²) >= 11 is 1.48. The number of carbonyl (C=O) groups is 1. The molecule has 1 heterocycles. The lowest BCUT2D eigenvalue weighted by molar-refractivity contribution is 0.0989. The van der Waals surface area contributed by atoms with Crippen LogP contribution in [-0.4, -0.2) is 24.2 Å². The van der Waals surface area contributed by atoms with Crippen LogP contribution in [0.2, 0.25) is 0 Å². The summed E-state index contributed by atoms with van der Waals surface area (Å²) < 4.78 is 0. The van der Waals surface area contributed by atoms with E-state index in [0.717, 1.165) is 10.7 Å². The topological polar surface area (TPSA) is 33.2 Å². The summed E-state index contributed by atoms with van der Waals surface area (Å²) in [7, 11) is 1.77. The van der Waals surface area contributed by atoms with Gasteiger partial charge in [0.05, 0.1) is 5.56 Å². The van der Waals surface area contributed by atoms with Gasteiger partial charge in [0.15, 0.2) is 0 Å². The minimum Gasteiger partial charge on any atom is -0.311 e. The van der Waals surface area contributed by atoms with E-state index in [0.29, 0.717) is 5.56 Å². The molecule has 0 saturated carbocycles. The molecule has 0 aliphatic heterocycles. The van der Waals surface area contributed by atoms with Crippen molar-refractivity contribution in [3.63, 3.8) is 0 Å². The van der Waals surface area contributed by atoms with Crippen LogP contribution in [0.3, 0.4) is 0 Å². The zero-order valence-corrected chi connectivity index (χ0v) is 11.1. The van der Waals surface area contributed by atoms with E-state index in [1.807, 2.05) is 36.6 Å². The summed E-state index contributed by atoms with van der Waals surface area (Å²) in [6.45, 7) is 0. The van der Waals surface area contributed by atoms with Gasteiger partial charge in [0.25, 0.3) is 5.91 Å². The average Bonchev–Trinajstić information content (AvgIpc) is 2.46. The third-order valence-corrected chi connectivity index (χ3v) is 3.36. The largest absolute Gasteiger partial charge is 0.311 e. The molecule has 0 aliphatic carbocycles. The Morgan fingerprint density at radius 1 is 1.17 bits per heavy atom. The molecule has 0 fully saturated rings.